The Labute approximate surface area is 192 Å². The van der Waals surface area contributed by atoms with Crippen LogP contribution < -0.4 is 10.6 Å². The Morgan fingerprint density at radius 3 is 2.38 bits per heavy atom. The number of carbonyl (C=O) groups excluding carboxylic acids is 1. The number of guanidine groups is 1. The normalized spacial score (nSPS) is 15.9. The van der Waals surface area contributed by atoms with Gasteiger partial charge in [-0.25, -0.2) is 0 Å². The van der Waals surface area contributed by atoms with Crippen molar-refractivity contribution in [2.75, 3.05) is 52.9 Å². The molecular formula is C22H36IN5O. The summed E-state index contributed by atoms with van der Waals surface area (Å²) in [5.41, 5.74) is 0.760. The zero-order valence-corrected chi connectivity index (χ0v) is 20.5. The summed E-state index contributed by atoms with van der Waals surface area (Å²) in [4.78, 5) is 21.3. The van der Waals surface area contributed by atoms with Gasteiger partial charge in [-0.15, -0.1) is 24.0 Å². The molecule has 1 amide bonds. The van der Waals surface area contributed by atoms with Crippen molar-refractivity contribution in [2.45, 2.75) is 20.8 Å². The fourth-order valence-electron chi connectivity index (χ4n) is 3.16. The number of benzene rings is 1. The first-order valence-corrected chi connectivity index (χ1v) is 10.1. The quantitative estimate of drug-likeness (QED) is 0.335. The number of aliphatic imine (C=N–C) groups is 1. The lowest BCUT2D eigenvalue weighted by molar-refractivity contribution is -0.128. The number of hydrogen-bond acceptors (Lipinski definition) is 3. The highest BCUT2D eigenvalue weighted by Crippen LogP contribution is 2.14. The van der Waals surface area contributed by atoms with E-state index in [1.54, 1.807) is 7.05 Å². The van der Waals surface area contributed by atoms with Crippen molar-refractivity contribution in [2.24, 2.45) is 10.4 Å². The summed E-state index contributed by atoms with van der Waals surface area (Å²) in [6.45, 7) is 11.9. The molecule has 2 N–H and O–H groups in total. The monoisotopic (exact) mass is 513 g/mol. The van der Waals surface area contributed by atoms with Crippen molar-refractivity contribution >= 4 is 41.9 Å². The molecule has 0 unspecified atom stereocenters. The van der Waals surface area contributed by atoms with Crippen molar-refractivity contribution in [1.82, 2.24) is 20.4 Å². The van der Waals surface area contributed by atoms with E-state index in [2.05, 4.69) is 61.8 Å². The van der Waals surface area contributed by atoms with Crippen molar-refractivity contribution < 1.29 is 4.79 Å². The van der Waals surface area contributed by atoms with E-state index in [1.807, 2.05) is 26.8 Å². The summed E-state index contributed by atoms with van der Waals surface area (Å²) in [7, 11) is 1.80. The van der Waals surface area contributed by atoms with Crippen molar-refractivity contribution in [3.63, 3.8) is 0 Å². The maximum atomic E-state index is 12.2. The molecule has 0 aliphatic carbocycles. The summed E-state index contributed by atoms with van der Waals surface area (Å²) in [6.07, 6.45) is 4.41. The van der Waals surface area contributed by atoms with Gasteiger partial charge in [-0.2, -0.15) is 0 Å². The van der Waals surface area contributed by atoms with Crippen LogP contribution in [0.15, 0.2) is 41.4 Å². The van der Waals surface area contributed by atoms with Gasteiger partial charge in [0.05, 0.1) is 5.41 Å². The Kier molecular flexibility index (Phi) is 11.3. The van der Waals surface area contributed by atoms with Crippen LogP contribution in [0.25, 0.3) is 6.08 Å². The number of carbonyl (C=O) groups is 1. The molecule has 1 aliphatic rings. The highest BCUT2D eigenvalue weighted by atomic mass is 127. The lowest BCUT2D eigenvalue weighted by atomic mass is 9.92. The van der Waals surface area contributed by atoms with Gasteiger partial charge in [0.2, 0.25) is 5.91 Å². The third-order valence-electron chi connectivity index (χ3n) is 5.00. The van der Waals surface area contributed by atoms with E-state index in [-0.39, 0.29) is 29.9 Å². The Hall–Kier alpha value is -1.61. The van der Waals surface area contributed by atoms with Crippen LogP contribution in [0.5, 0.6) is 0 Å². The molecule has 2 rings (SSSR count). The molecule has 0 atom stereocenters. The first-order valence-electron chi connectivity index (χ1n) is 10.1. The molecule has 1 fully saturated rings. The Bertz CT molecular complexity index is 667. The molecule has 0 radical (unpaired) electrons. The zero-order chi connectivity index (χ0) is 20.4. The molecule has 1 heterocycles. The minimum atomic E-state index is -0.476. The Morgan fingerprint density at radius 2 is 1.79 bits per heavy atom. The summed E-state index contributed by atoms with van der Waals surface area (Å²) < 4.78 is 0. The topological polar surface area (TPSA) is 60.0 Å². The minimum Gasteiger partial charge on any atom is -0.356 e. The number of rotatable bonds is 7. The maximum Gasteiger partial charge on any atom is 0.227 e. The number of piperazine rings is 1. The molecule has 6 nitrogen and oxygen atoms in total. The standard InChI is InChI=1S/C22H35N5O.HI/c1-5-24-20(28)22(2,3)18-25-21(23-4)27-16-14-26(15-17-27)13-9-12-19-10-7-6-8-11-19;/h6-12H,5,13-18H2,1-4H3,(H,23,25)(H,24,28);1H/b12-9+;. The number of amides is 1. The van der Waals surface area contributed by atoms with E-state index in [4.69, 9.17) is 0 Å². The fraction of sp³-hybridized carbons (Fsp3) is 0.545. The van der Waals surface area contributed by atoms with E-state index >= 15 is 0 Å². The molecule has 0 saturated carbocycles. The molecule has 0 bridgehead atoms. The molecule has 1 aliphatic heterocycles. The average molecular weight is 513 g/mol. The van der Waals surface area contributed by atoms with E-state index in [0.29, 0.717) is 13.1 Å². The summed E-state index contributed by atoms with van der Waals surface area (Å²) >= 11 is 0. The predicted octanol–water partition coefficient (Wildman–Crippen LogP) is 2.67. The van der Waals surface area contributed by atoms with Gasteiger partial charge in [-0.3, -0.25) is 14.7 Å². The Morgan fingerprint density at radius 1 is 1.14 bits per heavy atom. The third kappa shape index (κ3) is 8.34. The average Bonchev–Trinajstić information content (AvgIpc) is 2.70. The van der Waals surface area contributed by atoms with Crippen LogP contribution in [-0.2, 0) is 4.79 Å². The zero-order valence-electron chi connectivity index (χ0n) is 18.1. The lowest BCUT2D eigenvalue weighted by Crippen LogP contribution is -2.54. The van der Waals surface area contributed by atoms with Crippen LogP contribution in [0.2, 0.25) is 0 Å². The molecule has 0 spiro atoms. The molecule has 7 heteroatoms. The highest BCUT2D eigenvalue weighted by molar-refractivity contribution is 14.0. The molecule has 162 valence electrons. The van der Waals surface area contributed by atoms with Crippen molar-refractivity contribution in [3.8, 4) is 0 Å². The van der Waals surface area contributed by atoms with Crippen molar-refractivity contribution in [3.05, 3.63) is 42.0 Å². The SMILES string of the molecule is CCNC(=O)C(C)(C)CNC(=NC)N1CCN(C/C=C/c2ccccc2)CC1.I. The van der Waals surface area contributed by atoms with Gasteiger partial charge in [0, 0.05) is 52.9 Å². The number of nitrogens with one attached hydrogen (secondary N) is 2. The fourth-order valence-corrected chi connectivity index (χ4v) is 3.16. The summed E-state index contributed by atoms with van der Waals surface area (Å²) in [5.74, 6) is 0.935. The van der Waals surface area contributed by atoms with Gasteiger partial charge in [-0.05, 0) is 26.3 Å². The highest BCUT2D eigenvalue weighted by Gasteiger charge is 2.28. The van der Waals surface area contributed by atoms with Crippen LogP contribution in [0.4, 0.5) is 0 Å². The Balaban J connectivity index is 0.00000420. The van der Waals surface area contributed by atoms with Gasteiger partial charge in [-0.1, -0.05) is 42.5 Å². The first-order chi connectivity index (χ1) is 13.5. The maximum absolute atomic E-state index is 12.2. The predicted molar refractivity (Wildman–Crippen MR) is 133 cm³/mol. The first kappa shape index (κ1) is 25.4. The molecule has 1 aromatic carbocycles. The number of hydrogen-bond donors (Lipinski definition) is 2. The van der Waals surface area contributed by atoms with Gasteiger partial charge in [0.1, 0.15) is 0 Å². The molecular weight excluding hydrogens is 477 g/mol. The number of halogens is 1. The smallest absolute Gasteiger partial charge is 0.227 e. The largest absolute Gasteiger partial charge is 0.356 e. The minimum absolute atomic E-state index is 0. The second kappa shape index (κ2) is 12.8. The second-order valence-corrected chi connectivity index (χ2v) is 7.74. The van der Waals surface area contributed by atoms with E-state index in [1.165, 1.54) is 5.56 Å². The molecule has 1 saturated heterocycles. The molecule has 0 aromatic heterocycles. The van der Waals surface area contributed by atoms with Crippen LogP contribution in [-0.4, -0.2) is 74.5 Å². The lowest BCUT2D eigenvalue weighted by Gasteiger charge is -2.37. The van der Waals surface area contributed by atoms with Crippen molar-refractivity contribution in [1.29, 1.82) is 0 Å². The van der Waals surface area contributed by atoms with Gasteiger partial charge >= 0.3 is 0 Å². The van der Waals surface area contributed by atoms with Crippen LogP contribution >= 0.6 is 24.0 Å². The summed E-state index contributed by atoms with van der Waals surface area (Å²) in [5, 5.41) is 6.28. The molecule has 29 heavy (non-hydrogen) atoms. The van der Waals surface area contributed by atoms with Gasteiger partial charge in [0.15, 0.2) is 5.96 Å². The third-order valence-corrected chi connectivity index (χ3v) is 5.00. The summed E-state index contributed by atoms with van der Waals surface area (Å²) in [6, 6.07) is 10.4. The van der Waals surface area contributed by atoms with Gasteiger partial charge in [0.25, 0.3) is 0 Å². The van der Waals surface area contributed by atoms with E-state index in [0.717, 1.165) is 38.7 Å². The number of nitrogens with zero attached hydrogens (tertiary/aromatic N) is 3. The van der Waals surface area contributed by atoms with Gasteiger partial charge < -0.3 is 15.5 Å². The molecule has 1 aromatic rings. The van der Waals surface area contributed by atoms with E-state index in [9.17, 15) is 4.79 Å². The van der Waals surface area contributed by atoms with Crippen LogP contribution in [0.3, 0.4) is 0 Å². The van der Waals surface area contributed by atoms with E-state index < -0.39 is 5.41 Å². The second-order valence-electron chi connectivity index (χ2n) is 7.74. The van der Waals surface area contributed by atoms with Crippen LogP contribution in [0.1, 0.15) is 26.3 Å². The van der Waals surface area contributed by atoms with Crippen LogP contribution in [0, 0.1) is 5.41 Å².